The maximum atomic E-state index is 13.1. The van der Waals surface area contributed by atoms with Gasteiger partial charge in [-0.25, -0.2) is 8.42 Å². The average molecular weight is 456 g/mol. The molecule has 1 saturated heterocycles. The van der Waals surface area contributed by atoms with Crippen molar-refractivity contribution >= 4 is 21.7 Å². The first-order valence-corrected chi connectivity index (χ1v) is 11.2. The molecule has 0 atom stereocenters. The molecule has 2 aromatic carbocycles. The van der Waals surface area contributed by atoms with Gasteiger partial charge in [-0.1, -0.05) is 6.07 Å². The molecule has 0 aromatic heterocycles. The number of aliphatic carboxylic acids is 1. The fourth-order valence-corrected chi connectivity index (χ4v) is 5.09. The van der Waals surface area contributed by atoms with Gasteiger partial charge in [0.15, 0.2) is 0 Å². The van der Waals surface area contributed by atoms with Crippen LogP contribution in [0.5, 0.6) is 0 Å². The molecule has 10 heteroatoms. The molecule has 168 valence electrons. The summed E-state index contributed by atoms with van der Waals surface area (Å²) in [4.78, 5) is 12.9. The molecule has 0 saturated carbocycles. The second-order valence-electron chi connectivity index (χ2n) is 7.45. The first kappa shape index (κ1) is 23.1. The van der Waals surface area contributed by atoms with Crippen LogP contribution in [0, 0.1) is 6.92 Å². The lowest BCUT2D eigenvalue weighted by atomic mass is 10.1. The van der Waals surface area contributed by atoms with Crippen molar-refractivity contribution in [3.05, 3.63) is 59.2 Å². The number of hydrogen-bond acceptors (Lipinski definition) is 4. The Balaban J connectivity index is 1.76. The summed E-state index contributed by atoms with van der Waals surface area (Å²) in [5.74, 6) is -1.04. The van der Waals surface area contributed by atoms with Crippen LogP contribution in [-0.4, -0.2) is 50.0 Å². The van der Waals surface area contributed by atoms with E-state index in [9.17, 15) is 26.4 Å². The van der Waals surface area contributed by atoms with Crippen molar-refractivity contribution in [3.63, 3.8) is 0 Å². The molecule has 0 bridgehead atoms. The van der Waals surface area contributed by atoms with Crippen LogP contribution >= 0.6 is 0 Å². The number of nitrogens with zero attached hydrogens (tertiary/aromatic N) is 2. The summed E-state index contributed by atoms with van der Waals surface area (Å²) in [6.45, 7) is 3.00. The Morgan fingerprint density at radius 2 is 1.71 bits per heavy atom. The molecule has 0 radical (unpaired) electrons. The highest BCUT2D eigenvalue weighted by molar-refractivity contribution is 7.89. The molecule has 1 fully saturated rings. The Bertz CT molecular complexity index is 1050. The average Bonchev–Trinajstić information content (AvgIpc) is 2.95. The van der Waals surface area contributed by atoms with E-state index in [4.69, 9.17) is 5.11 Å². The molecule has 0 spiro atoms. The quantitative estimate of drug-likeness (QED) is 0.745. The van der Waals surface area contributed by atoms with E-state index in [-0.39, 0.29) is 24.4 Å². The van der Waals surface area contributed by atoms with Gasteiger partial charge in [0.1, 0.15) is 0 Å². The standard InChI is InChI=1S/C21H23F3N2O4S/c1-15-3-8-19(13-16(15)14-20(27)28)31(29,30)26-10-2-9-25(11-12-26)18-6-4-17(5-7-18)21(22,23)24/h3-8,13H,2,9-12,14H2,1H3,(H,27,28). The van der Waals surface area contributed by atoms with Crippen molar-refractivity contribution in [1.82, 2.24) is 4.31 Å². The molecule has 1 heterocycles. The van der Waals surface area contributed by atoms with Gasteiger partial charge in [0.2, 0.25) is 10.0 Å². The number of alkyl halides is 3. The maximum absolute atomic E-state index is 13.1. The van der Waals surface area contributed by atoms with Crippen molar-refractivity contribution in [2.24, 2.45) is 0 Å². The van der Waals surface area contributed by atoms with Crippen LogP contribution in [0.1, 0.15) is 23.1 Å². The first-order chi connectivity index (χ1) is 14.5. The SMILES string of the molecule is Cc1ccc(S(=O)(=O)N2CCCN(c3ccc(C(F)(F)F)cc3)CC2)cc1CC(=O)O. The summed E-state index contributed by atoms with van der Waals surface area (Å²) in [7, 11) is -3.83. The van der Waals surface area contributed by atoms with Crippen LogP contribution in [-0.2, 0) is 27.4 Å². The third kappa shape index (κ3) is 5.37. The third-order valence-electron chi connectivity index (χ3n) is 5.31. The number of carboxylic acids is 1. The van der Waals surface area contributed by atoms with Crippen molar-refractivity contribution < 1.29 is 31.5 Å². The molecule has 31 heavy (non-hydrogen) atoms. The van der Waals surface area contributed by atoms with Gasteiger partial charge in [-0.15, -0.1) is 0 Å². The lowest BCUT2D eigenvalue weighted by molar-refractivity contribution is -0.138. The fourth-order valence-electron chi connectivity index (χ4n) is 3.56. The number of carboxylic acid groups (broad SMARTS) is 1. The molecular weight excluding hydrogens is 433 g/mol. The van der Waals surface area contributed by atoms with Crippen molar-refractivity contribution in [3.8, 4) is 0 Å². The Hall–Kier alpha value is -2.59. The number of sulfonamides is 1. The van der Waals surface area contributed by atoms with Gasteiger partial charge < -0.3 is 10.0 Å². The van der Waals surface area contributed by atoms with Crippen LogP contribution in [0.2, 0.25) is 0 Å². The van der Waals surface area contributed by atoms with Gasteiger partial charge in [0.05, 0.1) is 16.9 Å². The summed E-state index contributed by atoms with van der Waals surface area (Å²) in [6.07, 6.45) is -4.17. The summed E-state index contributed by atoms with van der Waals surface area (Å²) in [6, 6.07) is 9.29. The molecule has 2 aromatic rings. The maximum Gasteiger partial charge on any atom is 0.416 e. The number of anilines is 1. The van der Waals surface area contributed by atoms with Crippen LogP contribution < -0.4 is 4.90 Å². The predicted molar refractivity (Wildman–Crippen MR) is 110 cm³/mol. The van der Waals surface area contributed by atoms with Gasteiger partial charge in [-0.2, -0.15) is 17.5 Å². The lowest BCUT2D eigenvalue weighted by Crippen LogP contribution is -2.35. The van der Waals surface area contributed by atoms with Crippen molar-refractivity contribution in [2.45, 2.75) is 30.8 Å². The summed E-state index contributed by atoms with van der Waals surface area (Å²) < 4.78 is 65.9. The summed E-state index contributed by atoms with van der Waals surface area (Å²) in [5.41, 5.74) is 1.01. The minimum Gasteiger partial charge on any atom is -0.481 e. The largest absolute Gasteiger partial charge is 0.481 e. The van der Waals surface area contributed by atoms with E-state index >= 15 is 0 Å². The number of hydrogen-bond donors (Lipinski definition) is 1. The molecule has 1 aliphatic heterocycles. The van der Waals surface area contributed by atoms with E-state index in [0.717, 1.165) is 12.1 Å². The molecule has 6 nitrogen and oxygen atoms in total. The Kier molecular flexibility index (Phi) is 6.61. The van der Waals surface area contributed by atoms with Crippen LogP contribution in [0.3, 0.4) is 0 Å². The molecule has 3 rings (SSSR count). The number of aryl methyl sites for hydroxylation is 1. The zero-order valence-corrected chi connectivity index (χ0v) is 17.7. The normalized spacial score (nSPS) is 16.2. The minimum atomic E-state index is -4.41. The number of halogens is 3. The Morgan fingerprint density at radius 1 is 1.03 bits per heavy atom. The molecule has 1 aliphatic rings. The zero-order chi connectivity index (χ0) is 22.8. The Morgan fingerprint density at radius 3 is 2.32 bits per heavy atom. The highest BCUT2D eigenvalue weighted by Crippen LogP contribution is 2.31. The van der Waals surface area contributed by atoms with E-state index in [1.807, 2.05) is 4.90 Å². The summed E-state index contributed by atoms with van der Waals surface area (Å²) in [5, 5.41) is 9.04. The van der Waals surface area contributed by atoms with Crippen molar-refractivity contribution in [1.29, 1.82) is 0 Å². The lowest BCUT2D eigenvalue weighted by Gasteiger charge is -2.24. The van der Waals surface area contributed by atoms with Gasteiger partial charge >= 0.3 is 12.1 Å². The van der Waals surface area contributed by atoms with Crippen LogP contribution in [0.25, 0.3) is 0 Å². The first-order valence-electron chi connectivity index (χ1n) is 9.72. The molecule has 0 amide bonds. The van der Waals surface area contributed by atoms with E-state index in [1.54, 1.807) is 13.0 Å². The second kappa shape index (κ2) is 8.88. The van der Waals surface area contributed by atoms with Crippen LogP contribution in [0.15, 0.2) is 47.4 Å². The van der Waals surface area contributed by atoms with E-state index in [2.05, 4.69) is 0 Å². The molecular formula is C21H23F3N2O4S. The smallest absolute Gasteiger partial charge is 0.416 e. The third-order valence-corrected chi connectivity index (χ3v) is 7.21. The summed E-state index contributed by atoms with van der Waals surface area (Å²) >= 11 is 0. The van der Waals surface area contributed by atoms with E-state index in [0.29, 0.717) is 36.3 Å². The van der Waals surface area contributed by atoms with Gasteiger partial charge in [0, 0.05) is 31.9 Å². The predicted octanol–water partition coefficient (Wildman–Crippen LogP) is 3.54. The van der Waals surface area contributed by atoms with Gasteiger partial charge in [0.25, 0.3) is 0 Å². The topological polar surface area (TPSA) is 77.9 Å². The van der Waals surface area contributed by atoms with E-state index < -0.39 is 27.7 Å². The fraction of sp³-hybridized carbons (Fsp3) is 0.381. The number of rotatable bonds is 5. The zero-order valence-electron chi connectivity index (χ0n) is 16.9. The molecule has 1 N–H and O–H groups in total. The molecule has 0 aliphatic carbocycles. The Labute approximate surface area is 178 Å². The van der Waals surface area contributed by atoms with E-state index in [1.165, 1.54) is 28.6 Å². The second-order valence-corrected chi connectivity index (χ2v) is 9.39. The highest BCUT2D eigenvalue weighted by Gasteiger charge is 2.31. The monoisotopic (exact) mass is 456 g/mol. The minimum absolute atomic E-state index is 0.0392. The number of carbonyl (C=O) groups is 1. The van der Waals surface area contributed by atoms with Gasteiger partial charge in [-0.05, 0) is 60.9 Å². The van der Waals surface area contributed by atoms with Crippen LogP contribution in [0.4, 0.5) is 18.9 Å². The van der Waals surface area contributed by atoms with Gasteiger partial charge in [-0.3, -0.25) is 4.79 Å². The van der Waals surface area contributed by atoms with Crippen molar-refractivity contribution in [2.75, 3.05) is 31.1 Å². The number of benzene rings is 2. The highest BCUT2D eigenvalue weighted by atomic mass is 32.2. The molecule has 0 unspecified atom stereocenters.